The number of urea groups is 1. The number of carboxylic acid groups (broad SMARTS) is 1. The lowest BCUT2D eigenvalue weighted by Gasteiger charge is -2.32. The number of carbonyl (C=O) groups excluding carboxylic acids is 1. The van der Waals surface area contributed by atoms with E-state index in [9.17, 15) is 23.1 Å². The van der Waals surface area contributed by atoms with E-state index < -0.39 is 16.0 Å². The molecule has 1 aliphatic heterocycles. The van der Waals surface area contributed by atoms with Gasteiger partial charge < -0.3 is 15.7 Å². The quantitative estimate of drug-likeness (QED) is 0.689. The Balaban J connectivity index is 1.56. The summed E-state index contributed by atoms with van der Waals surface area (Å²) in [4.78, 5) is 23.3. The summed E-state index contributed by atoms with van der Waals surface area (Å²) in [5, 5.41) is 15.2. The summed E-state index contributed by atoms with van der Waals surface area (Å²) in [5.41, 5.74) is -0.227. The Morgan fingerprint density at radius 1 is 0.929 bits per heavy atom. The van der Waals surface area contributed by atoms with Gasteiger partial charge in [-0.3, -0.25) is 0 Å². The topological polar surface area (TPSA) is 116 Å². The van der Waals surface area contributed by atoms with E-state index in [2.05, 4.69) is 10.6 Å². The zero-order valence-corrected chi connectivity index (χ0v) is 16.6. The maximum Gasteiger partial charge on any atom is 0.337 e. The van der Waals surface area contributed by atoms with Crippen molar-refractivity contribution < 1.29 is 23.1 Å². The standard InChI is InChI=1S/C19H27N3O5S/c23-18(24)16-8-4-5-9-17(16)28(26,27)22-12-10-15(11-13-22)21-19(25)20-14-6-2-1-3-7-14/h4-5,8-9,14-15H,1-3,6-7,10-13H2,(H,23,24)(H2,20,21,25). The van der Waals surface area contributed by atoms with Gasteiger partial charge in [0, 0.05) is 25.2 Å². The largest absolute Gasteiger partial charge is 0.478 e. The Morgan fingerprint density at radius 3 is 2.11 bits per heavy atom. The molecule has 0 unspecified atom stereocenters. The second kappa shape index (κ2) is 8.91. The van der Waals surface area contributed by atoms with Crippen molar-refractivity contribution >= 4 is 22.0 Å². The maximum atomic E-state index is 12.9. The summed E-state index contributed by atoms with van der Waals surface area (Å²) >= 11 is 0. The monoisotopic (exact) mass is 409 g/mol. The SMILES string of the molecule is O=C(NC1CCCCC1)NC1CCN(S(=O)(=O)c2ccccc2C(=O)O)CC1. The van der Waals surface area contributed by atoms with Gasteiger partial charge in [0.25, 0.3) is 0 Å². The summed E-state index contributed by atoms with van der Waals surface area (Å²) in [5.74, 6) is -1.27. The molecule has 28 heavy (non-hydrogen) atoms. The molecule has 0 aromatic heterocycles. The molecule has 2 amide bonds. The fourth-order valence-electron chi connectivity index (χ4n) is 3.91. The third-order valence-electron chi connectivity index (χ3n) is 5.46. The second-order valence-electron chi connectivity index (χ2n) is 7.43. The summed E-state index contributed by atoms with van der Waals surface area (Å²) in [6.45, 7) is 0.481. The van der Waals surface area contributed by atoms with Crippen LogP contribution in [0.15, 0.2) is 29.2 Å². The molecule has 8 nitrogen and oxygen atoms in total. The van der Waals surface area contributed by atoms with Crippen molar-refractivity contribution in [2.75, 3.05) is 13.1 Å². The molecule has 1 aromatic carbocycles. The number of aromatic carboxylic acids is 1. The number of benzene rings is 1. The Labute approximate surface area is 165 Å². The first kappa shape index (κ1) is 20.6. The lowest BCUT2D eigenvalue weighted by Crippen LogP contribution is -2.51. The number of hydrogen-bond donors (Lipinski definition) is 3. The molecule has 2 fully saturated rings. The first-order chi connectivity index (χ1) is 13.4. The van der Waals surface area contributed by atoms with Crippen LogP contribution in [0.1, 0.15) is 55.3 Å². The van der Waals surface area contributed by atoms with Crippen LogP contribution in [0.3, 0.4) is 0 Å². The Bertz CT molecular complexity index is 813. The molecule has 3 rings (SSSR count). The smallest absolute Gasteiger partial charge is 0.337 e. The van der Waals surface area contributed by atoms with Crippen LogP contribution in [0.2, 0.25) is 0 Å². The molecule has 3 N–H and O–H groups in total. The van der Waals surface area contributed by atoms with Gasteiger partial charge in [0.15, 0.2) is 0 Å². The van der Waals surface area contributed by atoms with Crippen LogP contribution in [0, 0.1) is 0 Å². The highest BCUT2D eigenvalue weighted by molar-refractivity contribution is 7.89. The van der Waals surface area contributed by atoms with Crippen LogP contribution in [0.25, 0.3) is 0 Å². The number of carbonyl (C=O) groups is 2. The fourth-order valence-corrected chi connectivity index (χ4v) is 5.56. The number of nitrogens with zero attached hydrogens (tertiary/aromatic N) is 1. The van der Waals surface area contributed by atoms with Gasteiger partial charge in [-0.05, 0) is 37.8 Å². The number of sulfonamides is 1. The van der Waals surface area contributed by atoms with Crippen LogP contribution < -0.4 is 10.6 Å². The highest BCUT2D eigenvalue weighted by atomic mass is 32.2. The van der Waals surface area contributed by atoms with Crippen molar-refractivity contribution in [3.05, 3.63) is 29.8 Å². The van der Waals surface area contributed by atoms with Gasteiger partial charge >= 0.3 is 12.0 Å². The summed E-state index contributed by atoms with van der Waals surface area (Å²) in [6, 6.07) is 5.57. The fraction of sp³-hybridized carbons (Fsp3) is 0.579. The van der Waals surface area contributed by atoms with Gasteiger partial charge in [-0.25, -0.2) is 18.0 Å². The van der Waals surface area contributed by atoms with Crippen molar-refractivity contribution in [1.82, 2.24) is 14.9 Å². The molecule has 1 aliphatic carbocycles. The van der Waals surface area contributed by atoms with Gasteiger partial charge in [0.2, 0.25) is 10.0 Å². The first-order valence-corrected chi connectivity index (χ1v) is 11.2. The number of hydrogen-bond acceptors (Lipinski definition) is 4. The number of rotatable bonds is 5. The van der Waals surface area contributed by atoms with E-state index in [1.54, 1.807) is 0 Å². The molecule has 1 saturated heterocycles. The van der Waals surface area contributed by atoms with E-state index in [0.29, 0.717) is 12.8 Å². The molecule has 1 aromatic rings. The maximum absolute atomic E-state index is 12.9. The molecule has 0 radical (unpaired) electrons. The van der Waals surface area contributed by atoms with Gasteiger partial charge in [-0.15, -0.1) is 0 Å². The van der Waals surface area contributed by atoms with Crippen LogP contribution in [0.5, 0.6) is 0 Å². The summed E-state index contributed by atoms with van der Waals surface area (Å²) in [6.07, 6.45) is 6.50. The number of piperidine rings is 1. The van der Waals surface area contributed by atoms with E-state index >= 15 is 0 Å². The summed E-state index contributed by atoms with van der Waals surface area (Å²) in [7, 11) is -3.89. The zero-order valence-electron chi connectivity index (χ0n) is 15.8. The molecule has 9 heteroatoms. The molecule has 0 spiro atoms. The predicted molar refractivity (Wildman–Crippen MR) is 104 cm³/mol. The number of nitrogens with one attached hydrogen (secondary N) is 2. The van der Waals surface area contributed by atoms with Gasteiger partial charge in [0.1, 0.15) is 0 Å². The van der Waals surface area contributed by atoms with Gasteiger partial charge in [0.05, 0.1) is 10.5 Å². The predicted octanol–water partition coefficient (Wildman–Crippen LogP) is 2.17. The molecule has 1 saturated carbocycles. The van der Waals surface area contributed by atoms with Gasteiger partial charge in [-0.1, -0.05) is 31.4 Å². The molecule has 0 bridgehead atoms. The molecule has 1 heterocycles. The molecule has 2 aliphatic rings. The lowest BCUT2D eigenvalue weighted by atomic mass is 9.96. The van der Waals surface area contributed by atoms with Crippen LogP contribution >= 0.6 is 0 Å². The lowest BCUT2D eigenvalue weighted by molar-refractivity contribution is 0.0692. The van der Waals surface area contributed by atoms with Crippen LogP contribution in [-0.2, 0) is 10.0 Å². The minimum absolute atomic E-state index is 0.0928. The molecular weight excluding hydrogens is 382 g/mol. The Hall–Kier alpha value is -2.13. The van der Waals surface area contributed by atoms with Crippen molar-refractivity contribution in [3.63, 3.8) is 0 Å². The molecule has 0 atom stereocenters. The van der Waals surface area contributed by atoms with Crippen molar-refractivity contribution in [1.29, 1.82) is 0 Å². The average molecular weight is 410 g/mol. The van der Waals surface area contributed by atoms with Crippen molar-refractivity contribution in [2.24, 2.45) is 0 Å². The Kier molecular flexibility index (Phi) is 6.56. The normalized spacial score (nSPS) is 19.9. The average Bonchev–Trinajstić information content (AvgIpc) is 2.69. The molecule has 154 valence electrons. The minimum atomic E-state index is -3.89. The van der Waals surface area contributed by atoms with E-state index in [-0.39, 0.29) is 41.7 Å². The second-order valence-corrected chi connectivity index (χ2v) is 9.34. The summed E-state index contributed by atoms with van der Waals surface area (Å²) < 4.78 is 27.0. The number of carboxylic acids is 1. The first-order valence-electron chi connectivity index (χ1n) is 9.77. The van der Waals surface area contributed by atoms with Crippen molar-refractivity contribution in [3.8, 4) is 0 Å². The van der Waals surface area contributed by atoms with Crippen LogP contribution in [-0.4, -0.2) is 55.0 Å². The van der Waals surface area contributed by atoms with E-state index in [4.69, 9.17) is 0 Å². The van der Waals surface area contributed by atoms with E-state index in [1.807, 2.05) is 0 Å². The number of amides is 2. The molecular formula is C19H27N3O5S. The minimum Gasteiger partial charge on any atom is -0.478 e. The van der Waals surface area contributed by atoms with Crippen molar-refractivity contribution in [2.45, 2.75) is 61.9 Å². The highest BCUT2D eigenvalue weighted by Crippen LogP contribution is 2.24. The highest BCUT2D eigenvalue weighted by Gasteiger charge is 2.32. The Morgan fingerprint density at radius 2 is 1.50 bits per heavy atom. The third-order valence-corrected chi connectivity index (χ3v) is 7.42. The third kappa shape index (κ3) is 4.82. The van der Waals surface area contributed by atoms with E-state index in [0.717, 1.165) is 25.7 Å². The zero-order chi connectivity index (χ0) is 20.1. The van der Waals surface area contributed by atoms with Gasteiger partial charge in [-0.2, -0.15) is 4.31 Å². The van der Waals surface area contributed by atoms with Crippen LogP contribution in [0.4, 0.5) is 4.79 Å². The van der Waals surface area contributed by atoms with E-state index in [1.165, 1.54) is 35.0 Å².